The van der Waals surface area contributed by atoms with Gasteiger partial charge in [0.1, 0.15) is 11.6 Å². The first-order valence-electron chi connectivity index (χ1n) is 15.4. The summed E-state index contributed by atoms with van der Waals surface area (Å²) in [5.41, 5.74) is 6.29. The number of rotatable bonds is 13. The fourth-order valence-electron chi connectivity index (χ4n) is 7.50. The van der Waals surface area contributed by atoms with Crippen molar-refractivity contribution in [2.75, 3.05) is 0 Å². The maximum atomic E-state index is 13.7. The SMILES string of the molecule is CCCC(CC1CC(=O)c2c(C)c(CCC3CCCCC3)cc(C(C)C)c2C1)C(CC)C(=O)CC(C)=O. The summed E-state index contributed by atoms with van der Waals surface area (Å²) in [7, 11) is 0. The van der Waals surface area contributed by atoms with E-state index in [-0.39, 0.29) is 35.7 Å². The molecule has 3 nitrogen and oxygen atoms in total. The number of carbonyl (C=O) groups is 3. The molecule has 0 N–H and O–H groups in total. The van der Waals surface area contributed by atoms with E-state index in [1.54, 1.807) is 0 Å². The Balaban J connectivity index is 1.84. The molecule has 2 aliphatic carbocycles. The van der Waals surface area contributed by atoms with Crippen LogP contribution in [-0.2, 0) is 22.4 Å². The molecule has 206 valence electrons. The minimum Gasteiger partial charge on any atom is -0.300 e. The third-order valence-electron chi connectivity index (χ3n) is 9.39. The maximum absolute atomic E-state index is 13.7. The second kappa shape index (κ2) is 13.9. The number of hydrogen-bond donors (Lipinski definition) is 0. The number of carbonyl (C=O) groups excluding carboxylic acids is 3. The summed E-state index contributed by atoms with van der Waals surface area (Å²) < 4.78 is 0. The lowest BCUT2D eigenvalue weighted by atomic mass is 9.70. The van der Waals surface area contributed by atoms with Gasteiger partial charge < -0.3 is 0 Å². The molecule has 3 rings (SSSR count). The molecule has 0 amide bonds. The first kappa shape index (κ1) is 29.8. The highest BCUT2D eigenvalue weighted by atomic mass is 16.1. The fraction of sp³-hybridized carbons (Fsp3) is 0.735. The molecule has 1 fully saturated rings. The summed E-state index contributed by atoms with van der Waals surface area (Å²) in [5, 5.41) is 0. The third-order valence-corrected chi connectivity index (χ3v) is 9.39. The summed E-state index contributed by atoms with van der Waals surface area (Å²) in [5.74, 6) is 2.05. The zero-order valence-corrected chi connectivity index (χ0v) is 24.6. The van der Waals surface area contributed by atoms with Gasteiger partial charge in [-0.1, -0.05) is 78.7 Å². The molecule has 0 radical (unpaired) electrons. The van der Waals surface area contributed by atoms with Crippen molar-refractivity contribution in [2.45, 2.75) is 137 Å². The third kappa shape index (κ3) is 7.64. The number of fused-ring (bicyclic) bond motifs is 1. The molecule has 1 aromatic rings. The van der Waals surface area contributed by atoms with Gasteiger partial charge in [0.25, 0.3) is 0 Å². The lowest BCUT2D eigenvalue weighted by molar-refractivity contribution is -0.129. The van der Waals surface area contributed by atoms with Gasteiger partial charge in [-0.15, -0.1) is 0 Å². The molecule has 37 heavy (non-hydrogen) atoms. The summed E-state index contributed by atoms with van der Waals surface area (Å²) in [6.07, 6.45) is 14.5. The minimum absolute atomic E-state index is 0.0446. The number of aryl methyl sites for hydroxylation is 1. The van der Waals surface area contributed by atoms with Gasteiger partial charge in [0, 0.05) is 17.9 Å². The smallest absolute Gasteiger partial charge is 0.163 e. The molecule has 2 aliphatic rings. The monoisotopic (exact) mass is 508 g/mol. The molecule has 0 saturated heterocycles. The van der Waals surface area contributed by atoms with E-state index in [1.165, 1.54) is 67.7 Å². The van der Waals surface area contributed by atoms with Crippen molar-refractivity contribution < 1.29 is 14.4 Å². The van der Waals surface area contributed by atoms with Crippen LogP contribution in [0.2, 0.25) is 0 Å². The van der Waals surface area contributed by atoms with Crippen molar-refractivity contribution in [1.82, 2.24) is 0 Å². The van der Waals surface area contributed by atoms with Crippen LogP contribution in [0.1, 0.15) is 150 Å². The summed E-state index contributed by atoms with van der Waals surface area (Å²) in [6, 6.07) is 2.44. The van der Waals surface area contributed by atoms with Crippen LogP contribution in [-0.4, -0.2) is 17.3 Å². The largest absolute Gasteiger partial charge is 0.300 e. The molecule has 3 atom stereocenters. The van der Waals surface area contributed by atoms with E-state index in [2.05, 4.69) is 40.7 Å². The Labute approximate surface area is 226 Å². The number of ketones is 3. The number of Topliss-reactive ketones (excluding diaryl/α,β-unsaturated/α-hetero) is 3. The average molecular weight is 509 g/mol. The first-order chi connectivity index (χ1) is 17.7. The highest BCUT2D eigenvalue weighted by Crippen LogP contribution is 2.40. The molecule has 1 aromatic carbocycles. The maximum Gasteiger partial charge on any atom is 0.163 e. The van der Waals surface area contributed by atoms with Crippen molar-refractivity contribution in [1.29, 1.82) is 0 Å². The molecule has 3 heteroatoms. The Morgan fingerprint density at radius 1 is 1.03 bits per heavy atom. The summed E-state index contributed by atoms with van der Waals surface area (Å²) in [4.78, 5) is 38.3. The van der Waals surface area contributed by atoms with E-state index in [0.717, 1.165) is 50.0 Å². The molecular formula is C34H52O3. The van der Waals surface area contributed by atoms with E-state index >= 15 is 0 Å². The van der Waals surface area contributed by atoms with Gasteiger partial charge >= 0.3 is 0 Å². The van der Waals surface area contributed by atoms with Gasteiger partial charge in [-0.25, -0.2) is 0 Å². The van der Waals surface area contributed by atoms with Crippen LogP contribution in [0.15, 0.2) is 6.07 Å². The quantitative estimate of drug-likeness (QED) is 0.250. The van der Waals surface area contributed by atoms with Crippen LogP contribution < -0.4 is 0 Å². The van der Waals surface area contributed by atoms with Crippen molar-refractivity contribution in [3.63, 3.8) is 0 Å². The highest BCUT2D eigenvalue weighted by Gasteiger charge is 2.34. The Kier molecular flexibility index (Phi) is 11.2. The molecule has 0 spiro atoms. The molecular weight excluding hydrogens is 456 g/mol. The van der Waals surface area contributed by atoms with Gasteiger partial charge in [-0.3, -0.25) is 14.4 Å². The Morgan fingerprint density at radius 2 is 1.73 bits per heavy atom. The van der Waals surface area contributed by atoms with Gasteiger partial charge in [-0.2, -0.15) is 0 Å². The highest BCUT2D eigenvalue weighted by molar-refractivity contribution is 6.01. The van der Waals surface area contributed by atoms with Crippen LogP contribution in [0.4, 0.5) is 0 Å². The van der Waals surface area contributed by atoms with Crippen LogP contribution in [0.5, 0.6) is 0 Å². The summed E-state index contributed by atoms with van der Waals surface area (Å²) in [6.45, 7) is 12.5. The topological polar surface area (TPSA) is 51.2 Å². The predicted molar refractivity (Wildman–Crippen MR) is 153 cm³/mol. The van der Waals surface area contributed by atoms with Gasteiger partial charge in [0.15, 0.2) is 5.78 Å². The van der Waals surface area contributed by atoms with E-state index < -0.39 is 0 Å². The standard InChI is InChI=1S/C34H52O3/c1-7-12-28(29(8-2)32(36)17-23(5)35)18-26-19-31-30(22(3)4)21-27(24(6)34(31)33(37)20-26)16-15-25-13-10-9-11-14-25/h21-22,25-26,28-29H,7-20H2,1-6H3. The molecule has 0 heterocycles. The van der Waals surface area contributed by atoms with Crippen molar-refractivity contribution in [2.24, 2.45) is 23.7 Å². The molecule has 0 aliphatic heterocycles. The van der Waals surface area contributed by atoms with Crippen molar-refractivity contribution >= 4 is 17.3 Å². The van der Waals surface area contributed by atoms with Gasteiger partial charge in [0.2, 0.25) is 0 Å². The zero-order chi connectivity index (χ0) is 27.1. The Hall–Kier alpha value is -1.77. The fourth-order valence-corrected chi connectivity index (χ4v) is 7.50. The van der Waals surface area contributed by atoms with Crippen molar-refractivity contribution in [3.05, 3.63) is 33.9 Å². The average Bonchev–Trinajstić information content (AvgIpc) is 2.84. The van der Waals surface area contributed by atoms with E-state index in [1.807, 2.05) is 0 Å². The molecule has 3 unspecified atom stereocenters. The predicted octanol–water partition coefficient (Wildman–Crippen LogP) is 8.76. The Bertz CT molecular complexity index is 950. The van der Waals surface area contributed by atoms with Gasteiger partial charge in [-0.05, 0) is 91.9 Å². The van der Waals surface area contributed by atoms with Crippen LogP contribution in [0.3, 0.4) is 0 Å². The normalized spacial score (nSPS) is 20.1. The van der Waals surface area contributed by atoms with Crippen molar-refractivity contribution in [3.8, 4) is 0 Å². The van der Waals surface area contributed by atoms with Crippen LogP contribution >= 0.6 is 0 Å². The summed E-state index contributed by atoms with van der Waals surface area (Å²) >= 11 is 0. The van der Waals surface area contributed by atoms with Crippen LogP contribution in [0.25, 0.3) is 0 Å². The zero-order valence-electron chi connectivity index (χ0n) is 24.6. The molecule has 0 aromatic heterocycles. The lowest BCUT2D eigenvalue weighted by Crippen LogP contribution is -2.30. The van der Waals surface area contributed by atoms with E-state index in [9.17, 15) is 14.4 Å². The second-order valence-corrected chi connectivity index (χ2v) is 12.6. The number of hydrogen-bond acceptors (Lipinski definition) is 3. The Morgan fingerprint density at radius 3 is 2.32 bits per heavy atom. The van der Waals surface area contributed by atoms with Gasteiger partial charge in [0.05, 0.1) is 6.42 Å². The minimum atomic E-state index is -0.0752. The second-order valence-electron chi connectivity index (χ2n) is 12.6. The van der Waals surface area contributed by atoms with Crippen LogP contribution in [0, 0.1) is 30.6 Å². The molecule has 0 bridgehead atoms. The lowest BCUT2D eigenvalue weighted by Gasteiger charge is -2.34. The van der Waals surface area contributed by atoms with E-state index in [4.69, 9.17) is 0 Å². The first-order valence-corrected chi connectivity index (χ1v) is 15.4. The van der Waals surface area contributed by atoms with E-state index in [0.29, 0.717) is 18.1 Å². The number of benzene rings is 1. The molecule has 1 saturated carbocycles.